The van der Waals surface area contributed by atoms with Crippen molar-refractivity contribution < 1.29 is 29.4 Å². The molecule has 1 aromatic carbocycles. The highest BCUT2D eigenvalue weighted by atomic mass is 16.4. The van der Waals surface area contributed by atoms with Gasteiger partial charge in [-0.1, -0.05) is 0 Å². The van der Waals surface area contributed by atoms with Crippen LogP contribution >= 0.6 is 0 Å². The highest BCUT2D eigenvalue weighted by molar-refractivity contribution is 6.38. The maximum Gasteiger partial charge on any atom is 0.376 e. The number of carboxylic acids is 1. The van der Waals surface area contributed by atoms with Gasteiger partial charge in [0, 0.05) is 23.8 Å². The van der Waals surface area contributed by atoms with E-state index in [1.165, 1.54) is 24.3 Å². The monoisotopic (exact) mass is 287 g/mol. The van der Waals surface area contributed by atoms with Crippen LogP contribution in [0.3, 0.4) is 0 Å². The number of carbonyl (C=O) groups excluding carboxylic acids is 3. The molecule has 21 heavy (non-hydrogen) atoms. The highest BCUT2D eigenvalue weighted by Gasteiger charge is 2.24. The first-order chi connectivity index (χ1) is 9.90. The Bertz CT molecular complexity index is 681. The van der Waals surface area contributed by atoms with Crippen molar-refractivity contribution in [1.29, 1.82) is 0 Å². The normalized spacial score (nSPS) is 14.7. The van der Waals surface area contributed by atoms with Gasteiger partial charge < -0.3 is 10.2 Å². The maximum atomic E-state index is 11.5. The van der Waals surface area contributed by atoms with Gasteiger partial charge in [0.2, 0.25) is 0 Å². The molecule has 0 bridgehead atoms. The van der Waals surface area contributed by atoms with E-state index in [4.69, 9.17) is 5.11 Å². The van der Waals surface area contributed by atoms with E-state index in [9.17, 15) is 24.3 Å². The van der Waals surface area contributed by atoms with Crippen LogP contribution in [0, 0.1) is 0 Å². The lowest BCUT2D eigenvalue weighted by atomic mass is 10.1. The molecular formula is C14H9NO6. The SMILES string of the molecule is O=C(O)C(=O)/C=C(\O)c1ccc(N2C(=O)C=CC2=O)cc1. The van der Waals surface area contributed by atoms with Crippen molar-refractivity contribution in [3.63, 3.8) is 0 Å². The summed E-state index contributed by atoms with van der Waals surface area (Å²) in [5.74, 6) is -4.42. The Kier molecular flexibility index (Phi) is 3.66. The van der Waals surface area contributed by atoms with Crippen LogP contribution in [0.1, 0.15) is 5.56 Å². The summed E-state index contributed by atoms with van der Waals surface area (Å²) in [6.07, 6.45) is 2.85. The zero-order valence-corrected chi connectivity index (χ0v) is 10.5. The van der Waals surface area contributed by atoms with Gasteiger partial charge in [-0.05, 0) is 24.3 Å². The Hall–Kier alpha value is -3.22. The topological polar surface area (TPSA) is 112 Å². The number of rotatable bonds is 4. The van der Waals surface area contributed by atoms with Crippen molar-refractivity contribution in [2.75, 3.05) is 4.90 Å². The van der Waals surface area contributed by atoms with E-state index in [1.807, 2.05) is 0 Å². The molecule has 0 radical (unpaired) electrons. The predicted octanol–water partition coefficient (Wildman–Crippen LogP) is 0.669. The number of benzene rings is 1. The average molecular weight is 287 g/mol. The molecule has 7 nitrogen and oxygen atoms in total. The summed E-state index contributed by atoms with van der Waals surface area (Å²) in [5, 5.41) is 18.0. The van der Waals surface area contributed by atoms with Crippen LogP contribution in [0.2, 0.25) is 0 Å². The second-order valence-electron chi connectivity index (χ2n) is 4.09. The lowest BCUT2D eigenvalue weighted by Crippen LogP contribution is -2.29. The molecule has 0 aliphatic carbocycles. The predicted molar refractivity (Wildman–Crippen MR) is 71.3 cm³/mol. The van der Waals surface area contributed by atoms with Crippen molar-refractivity contribution in [2.45, 2.75) is 0 Å². The molecular weight excluding hydrogens is 278 g/mol. The number of carboxylic acid groups (broad SMARTS) is 1. The van der Waals surface area contributed by atoms with Gasteiger partial charge in [-0.25, -0.2) is 9.69 Å². The van der Waals surface area contributed by atoms with Crippen LogP contribution in [-0.4, -0.2) is 33.8 Å². The van der Waals surface area contributed by atoms with Gasteiger partial charge >= 0.3 is 5.97 Å². The van der Waals surface area contributed by atoms with Crippen LogP contribution in [0.25, 0.3) is 5.76 Å². The minimum atomic E-state index is -1.68. The van der Waals surface area contributed by atoms with Crippen molar-refractivity contribution in [3.05, 3.63) is 48.1 Å². The molecule has 0 fully saturated rings. The molecule has 106 valence electrons. The summed E-state index contributed by atoms with van der Waals surface area (Å²) in [4.78, 5) is 45.2. The van der Waals surface area contributed by atoms with Gasteiger partial charge in [0.05, 0.1) is 5.69 Å². The smallest absolute Gasteiger partial charge is 0.376 e. The fourth-order valence-electron chi connectivity index (χ4n) is 1.71. The maximum absolute atomic E-state index is 11.5. The Labute approximate surface area is 118 Å². The molecule has 2 N–H and O–H groups in total. The number of aliphatic hydroxyl groups is 1. The molecule has 1 aliphatic rings. The van der Waals surface area contributed by atoms with E-state index < -0.39 is 29.3 Å². The number of hydrogen-bond donors (Lipinski definition) is 2. The van der Waals surface area contributed by atoms with Gasteiger partial charge in [0.25, 0.3) is 17.6 Å². The van der Waals surface area contributed by atoms with Gasteiger partial charge in [0.15, 0.2) is 0 Å². The van der Waals surface area contributed by atoms with Crippen LogP contribution in [0.4, 0.5) is 5.69 Å². The summed E-state index contributed by atoms with van der Waals surface area (Å²) in [6, 6.07) is 5.51. The van der Waals surface area contributed by atoms with Crippen LogP contribution in [0.5, 0.6) is 0 Å². The third kappa shape index (κ3) is 2.86. The number of hydrogen-bond acceptors (Lipinski definition) is 5. The lowest BCUT2D eigenvalue weighted by Gasteiger charge is -2.13. The Morgan fingerprint density at radius 2 is 1.48 bits per heavy atom. The van der Waals surface area contributed by atoms with E-state index in [0.717, 1.165) is 17.1 Å². The fraction of sp³-hybridized carbons (Fsp3) is 0. The van der Waals surface area contributed by atoms with Crippen molar-refractivity contribution in [3.8, 4) is 0 Å². The number of aliphatic hydroxyl groups excluding tert-OH is 1. The Morgan fingerprint density at radius 3 is 1.95 bits per heavy atom. The van der Waals surface area contributed by atoms with Crippen molar-refractivity contribution in [1.82, 2.24) is 0 Å². The first-order valence-corrected chi connectivity index (χ1v) is 5.74. The number of aliphatic carboxylic acids is 1. The first-order valence-electron chi connectivity index (χ1n) is 5.74. The number of imide groups is 1. The molecule has 0 unspecified atom stereocenters. The van der Waals surface area contributed by atoms with Crippen molar-refractivity contribution >= 4 is 35.0 Å². The van der Waals surface area contributed by atoms with E-state index in [-0.39, 0.29) is 5.56 Å². The molecule has 0 atom stereocenters. The third-order valence-electron chi connectivity index (χ3n) is 2.71. The van der Waals surface area contributed by atoms with E-state index in [1.54, 1.807) is 0 Å². The number of nitrogens with zero attached hydrogens (tertiary/aromatic N) is 1. The molecule has 2 rings (SSSR count). The molecule has 0 saturated carbocycles. The molecule has 1 heterocycles. The molecule has 0 saturated heterocycles. The second kappa shape index (κ2) is 5.41. The molecule has 7 heteroatoms. The minimum Gasteiger partial charge on any atom is -0.507 e. The molecule has 2 amide bonds. The van der Waals surface area contributed by atoms with Gasteiger partial charge in [-0.2, -0.15) is 0 Å². The zero-order valence-electron chi connectivity index (χ0n) is 10.5. The van der Waals surface area contributed by atoms with E-state index in [0.29, 0.717) is 11.8 Å². The summed E-state index contributed by atoms with van der Waals surface area (Å²) in [7, 11) is 0. The number of carbonyl (C=O) groups is 4. The third-order valence-corrected chi connectivity index (χ3v) is 2.71. The summed E-state index contributed by atoms with van der Waals surface area (Å²) < 4.78 is 0. The van der Waals surface area contributed by atoms with E-state index in [2.05, 4.69) is 0 Å². The van der Waals surface area contributed by atoms with Gasteiger partial charge in [0.1, 0.15) is 5.76 Å². The fourth-order valence-corrected chi connectivity index (χ4v) is 1.71. The first kappa shape index (κ1) is 14.2. The van der Waals surface area contributed by atoms with Crippen molar-refractivity contribution in [2.24, 2.45) is 0 Å². The standard InChI is InChI=1S/C14H9NO6/c16-10(7-11(17)14(20)21)8-1-3-9(4-2-8)15-12(18)5-6-13(15)19/h1-7,16H,(H,20,21)/b10-7-. The highest BCUT2D eigenvalue weighted by Crippen LogP contribution is 2.21. The second-order valence-corrected chi connectivity index (χ2v) is 4.09. The van der Waals surface area contributed by atoms with Crippen LogP contribution < -0.4 is 4.90 Å². The summed E-state index contributed by atoms with van der Waals surface area (Å²) >= 11 is 0. The molecule has 0 aromatic heterocycles. The average Bonchev–Trinajstić information content (AvgIpc) is 2.78. The number of amides is 2. The Morgan fingerprint density at radius 1 is 0.952 bits per heavy atom. The summed E-state index contributed by atoms with van der Waals surface area (Å²) in [5.41, 5.74) is 0.483. The minimum absolute atomic E-state index is 0.181. The largest absolute Gasteiger partial charge is 0.507 e. The Balaban J connectivity index is 2.24. The van der Waals surface area contributed by atoms with Crippen LogP contribution in [-0.2, 0) is 19.2 Å². The molecule has 1 aromatic rings. The van der Waals surface area contributed by atoms with Gasteiger partial charge in [-0.3, -0.25) is 14.4 Å². The summed E-state index contributed by atoms with van der Waals surface area (Å²) in [6.45, 7) is 0. The molecule has 0 spiro atoms. The van der Waals surface area contributed by atoms with Gasteiger partial charge in [-0.15, -0.1) is 0 Å². The zero-order chi connectivity index (χ0) is 15.6. The number of anilines is 1. The van der Waals surface area contributed by atoms with Crippen LogP contribution in [0.15, 0.2) is 42.5 Å². The number of ketones is 1. The van der Waals surface area contributed by atoms with E-state index >= 15 is 0 Å². The lowest BCUT2D eigenvalue weighted by molar-refractivity contribution is -0.146. The molecule has 1 aliphatic heterocycles. The quantitative estimate of drug-likeness (QED) is 0.364.